The molecule has 0 spiro atoms. The molecule has 2 rings (SSSR count). The Morgan fingerprint density at radius 2 is 1.93 bits per heavy atom. The average Bonchev–Trinajstić information content (AvgIpc) is 2.44. The van der Waals surface area contributed by atoms with Gasteiger partial charge >= 0.3 is 0 Å². The Kier molecular flexibility index (Phi) is 1.99. The van der Waals surface area contributed by atoms with Gasteiger partial charge in [-0.3, -0.25) is 0 Å². The number of methoxy groups -OCH3 is 1. The largest absolute Gasteiger partial charge is 0.497 e. The van der Waals surface area contributed by atoms with Crippen molar-refractivity contribution in [2.24, 2.45) is 7.05 Å². The summed E-state index contributed by atoms with van der Waals surface area (Å²) in [5, 5.41) is 1.28. The molecule has 0 aliphatic heterocycles. The van der Waals surface area contributed by atoms with Crippen molar-refractivity contribution < 1.29 is 4.74 Å². The fraction of sp³-hybridized carbons (Fsp3) is 0.333. The summed E-state index contributed by atoms with van der Waals surface area (Å²) in [5.41, 5.74) is 3.91. The summed E-state index contributed by atoms with van der Waals surface area (Å²) in [7, 11) is 3.80. The number of benzene rings is 1. The van der Waals surface area contributed by atoms with Crippen LogP contribution in [0.15, 0.2) is 18.2 Å². The molecule has 2 aromatic rings. The first-order valence-corrected chi connectivity index (χ1v) is 4.74. The van der Waals surface area contributed by atoms with Gasteiger partial charge in [0.25, 0.3) is 0 Å². The van der Waals surface area contributed by atoms with Gasteiger partial charge in [-0.05, 0) is 37.6 Å². The highest BCUT2D eigenvalue weighted by Crippen LogP contribution is 2.27. The smallest absolute Gasteiger partial charge is 0.119 e. The van der Waals surface area contributed by atoms with Crippen molar-refractivity contribution >= 4 is 10.9 Å². The molecule has 0 N–H and O–H groups in total. The lowest BCUT2D eigenvalue weighted by atomic mass is 10.1. The summed E-state index contributed by atoms with van der Waals surface area (Å²) in [4.78, 5) is 0. The minimum atomic E-state index is 0.922. The van der Waals surface area contributed by atoms with Crippen LogP contribution >= 0.6 is 0 Å². The third kappa shape index (κ3) is 1.10. The van der Waals surface area contributed by atoms with Crippen LogP contribution in [0.5, 0.6) is 5.75 Å². The van der Waals surface area contributed by atoms with Crippen molar-refractivity contribution in [2.75, 3.05) is 7.11 Å². The number of fused-ring (bicyclic) bond motifs is 1. The fourth-order valence-electron chi connectivity index (χ4n) is 1.86. The lowest BCUT2D eigenvalue weighted by molar-refractivity contribution is 0.415. The van der Waals surface area contributed by atoms with Crippen molar-refractivity contribution in [3.63, 3.8) is 0 Å². The van der Waals surface area contributed by atoms with Gasteiger partial charge in [-0.15, -0.1) is 0 Å². The Balaban J connectivity index is 2.82. The molecule has 0 atom stereocenters. The minimum absolute atomic E-state index is 0.922. The second-order valence-corrected chi connectivity index (χ2v) is 3.65. The number of aryl methyl sites for hydroxylation is 2. The van der Waals surface area contributed by atoms with Gasteiger partial charge < -0.3 is 9.30 Å². The molecule has 0 unspecified atom stereocenters. The maximum absolute atomic E-state index is 5.22. The predicted molar refractivity (Wildman–Crippen MR) is 58.9 cm³/mol. The lowest BCUT2D eigenvalue weighted by Gasteiger charge is -2.00. The van der Waals surface area contributed by atoms with Crippen LogP contribution in [0.3, 0.4) is 0 Å². The summed E-state index contributed by atoms with van der Waals surface area (Å²) in [6.07, 6.45) is 0. The van der Waals surface area contributed by atoms with Gasteiger partial charge in [-0.1, -0.05) is 0 Å². The van der Waals surface area contributed by atoms with Gasteiger partial charge in [-0.2, -0.15) is 0 Å². The highest BCUT2D eigenvalue weighted by molar-refractivity contribution is 5.86. The van der Waals surface area contributed by atoms with E-state index in [0.717, 1.165) is 5.75 Å². The third-order valence-corrected chi connectivity index (χ3v) is 3.01. The zero-order valence-electron chi connectivity index (χ0n) is 9.09. The molecule has 1 aromatic heterocycles. The Bertz CT molecular complexity index is 483. The number of ether oxygens (including phenoxy) is 1. The normalized spacial score (nSPS) is 10.9. The zero-order valence-corrected chi connectivity index (χ0v) is 9.09. The highest BCUT2D eigenvalue weighted by atomic mass is 16.5. The van der Waals surface area contributed by atoms with Crippen LogP contribution in [0.2, 0.25) is 0 Å². The monoisotopic (exact) mass is 189 g/mol. The van der Waals surface area contributed by atoms with E-state index in [1.807, 2.05) is 6.07 Å². The molecule has 0 aliphatic carbocycles. The molecule has 74 valence electrons. The SMILES string of the molecule is COc1ccc2c(c1)c(C)c(C)n2C. The molecule has 0 bridgehead atoms. The summed E-state index contributed by atoms with van der Waals surface area (Å²) in [5.74, 6) is 0.922. The molecule has 1 heterocycles. The van der Waals surface area contributed by atoms with Gasteiger partial charge in [0, 0.05) is 23.6 Å². The van der Waals surface area contributed by atoms with Crippen LogP contribution in [0, 0.1) is 13.8 Å². The number of hydrogen-bond donors (Lipinski definition) is 0. The van der Waals surface area contributed by atoms with Gasteiger partial charge in [0.15, 0.2) is 0 Å². The fourth-order valence-corrected chi connectivity index (χ4v) is 1.86. The average molecular weight is 189 g/mol. The molecule has 14 heavy (non-hydrogen) atoms. The van der Waals surface area contributed by atoms with Gasteiger partial charge in [-0.25, -0.2) is 0 Å². The maximum atomic E-state index is 5.22. The first-order chi connectivity index (χ1) is 6.65. The molecule has 1 aromatic carbocycles. The van der Waals surface area contributed by atoms with Crippen LogP contribution in [-0.4, -0.2) is 11.7 Å². The number of rotatable bonds is 1. The molecule has 0 amide bonds. The van der Waals surface area contributed by atoms with E-state index in [1.165, 1.54) is 22.2 Å². The molecule has 0 saturated heterocycles. The topological polar surface area (TPSA) is 14.2 Å². The van der Waals surface area contributed by atoms with E-state index < -0.39 is 0 Å². The summed E-state index contributed by atoms with van der Waals surface area (Å²) >= 11 is 0. The van der Waals surface area contributed by atoms with E-state index in [1.54, 1.807) is 7.11 Å². The quantitative estimate of drug-likeness (QED) is 0.672. The van der Waals surface area contributed by atoms with Gasteiger partial charge in [0.2, 0.25) is 0 Å². The first kappa shape index (κ1) is 9.13. The summed E-state index contributed by atoms with van der Waals surface area (Å²) < 4.78 is 7.43. The standard InChI is InChI=1S/C12H15NO/c1-8-9(2)13(3)12-6-5-10(14-4)7-11(8)12/h5-7H,1-4H3. The summed E-state index contributed by atoms with van der Waals surface area (Å²) in [6, 6.07) is 6.20. The van der Waals surface area contributed by atoms with E-state index in [9.17, 15) is 0 Å². The van der Waals surface area contributed by atoms with E-state index in [0.29, 0.717) is 0 Å². The second-order valence-electron chi connectivity index (χ2n) is 3.65. The number of hydrogen-bond acceptors (Lipinski definition) is 1. The Morgan fingerprint density at radius 1 is 1.21 bits per heavy atom. The van der Waals surface area contributed by atoms with Crippen LogP contribution < -0.4 is 4.74 Å². The lowest BCUT2D eigenvalue weighted by Crippen LogP contribution is -1.89. The van der Waals surface area contributed by atoms with Crippen molar-refractivity contribution in [1.29, 1.82) is 0 Å². The number of nitrogens with zero attached hydrogens (tertiary/aromatic N) is 1. The number of aromatic nitrogens is 1. The molecular weight excluding hydrogens is 174 g/mol. The highest BCUT2D eigenvalue weighted by Gasteiger charge is 2.08. The zero-order chi connectivity index (χ0) is 10.3. The van der Waals surface area contributed by atoms with Crippen LogP contribution in [0.25, 0.3) is 10.9 Å². The first-order valence-electron chi connectivity index (χ1n) is 4.74. The Morgan fingerprint density at radius 3 is 2.57 bits per heavy atom. The molecule has 2 nitrogen and oxygen atoms in total. The van der Waals surface area contributed by atoms with Gasteiger partial charge in [0.1, 0.15) is 5.75 Å². The molecule has 0 aliphatic rings. The van der Waals surface area contributed by atoms with Crippen LogP contribution in [0.4, 0.5) is 0 Å². The van der Waals surface area contributed by atoms with Crippen LogP contribution in [0.1, 0.15) is 11.3 Å². The van der Waals surface area contributed by atoms with Crippen molar-refractivity contribution in [3.05, 3.63) is 29.5 Å². The van der Waals surface area contributed by atoms with E-state index in [4.69, 9.17) is 4.74 Å². The molecule has 0 saturated carbocycles. The van der Waals surface area contributed by atoms with Gasteiger partial charge in [0.05, 0.1) is 7.11 Å². The van der Waals surface area contributed by atoms with Crippen molar-refractivity contribution in [2.45, 2.75) is 13.8 Å². The predicted octanol–water partition coefficient (Wildman–Crippen LogP) is 2.80. The molecule has 0 radical (unpaired) electrons. The Labute approximate surface area is 84.1 Å². The third-order valence-electron chi connectivity index (χ3n) is 3.01. The molecule has 2 heteroatoms. The van der Waals surface area contributed by atoms with Crippen molar-refractivity contribution in [1.82, 2.24) is 4.57 Å². The van der Waals surface area contributed by atoms with E-state index in [2.05, 4.69) is 37.6 Å². The second kappa shape index (κ2) is 3.05. The molecular formula is C12H15NO. The molecule has 0 fully saturated rings. The summed E-state index contributed by atoms with van der Waals surface area (Å²) in [6.45, 7) is 4.29. The Hall–Kier alpha value is -1.44. The van der Waals surface area contributed by atoms with Crippen LogP contribution in [-0.2, 0) is 7.05 Å². The van der Waals surface area contributed by atoms with E-state index in [-0.39, 0.29) is 0 Å². The maximum Gasteiger partial charge on any atom is 0.119 e. The van der Waals surface area contributed by atoms with E-state index >= 15 is 0 Å². The van der Waals surface area contributed by atoms with Crippen molar-refractivity contribution in [3.8, 4) is 5.75 Å². The minimum Gasteiger partial charge on any atom is -0.497 e.